The van der Waals surface area contributed by atoms with Gasteiger partial charge in [0.05, 0.1) is 5.56 Å². The van der Waals surface area contributed by atoms with Crippen LogP contribution in [-0.2, 0) is 6.61 Å². The molecule has 0 aliphatic carbocycles. The molecule has 0 saturated carbocycles. The fourth-order valence-corrected chi connectivity index (χ4v) is 1.47. The Morgan fingerprint density at radius 1 is 1.24 bits per heavy atom. The number of hydrogen-bond donors (Lipinski definition) is 0. The molecule has 0 aliphatic heterocycles. The SMILES string of the molecule is Cc1ccc(F)c(COc2c[c]ccc2)c1F. The van der Waals surface area contributed by atoms with E-state index in [4.69, 9.17) is 4.74 Å². The van der Waals surface area contributed by atoms with Crippen molar-refractivity contribution in [3.8, 4) is 5.75 Å². The van der Waals surface area contributed by atoms with Gasteiger partial charge in [0.25, 0.3) is 0 Å². The molecular formula is C14H11F2O. The van der Waals surface area contributed by atoms with Crippen molar-refractivity contribution in [1.82, 2.24) is 0 Å². The maximum absolute atomic E-state index is 13.6. The average Bonchev–Trinajstić information content (AvgIpc) is 2.35. The van der Waals surface area contributed by atoms with E-state index in [2.05, 4.69) is 6.07 Å². The topological polar surface area (TPSA) is 9.23 Å². The van der Waals surface area contributed by atoms with Gasteiger partial charge in [0, 0.05) is 0 Å². The molecule has 87 valence electrons. The molecule has 2 aromatic rings. The highest BCUT2D eigenvalue weighted by atomic mass is 19.1. The van der Waals surface area contributed by atoms with E-state index in [1.807, 2.05) is 0 Å². The molecule has 0 aliphatic rings. The molecule has 0 aromatic heterocycles. The summed E-state index contributed by atoms with van der Waals surface area (Å²) in [7, 11) is 0. The minimum absolute atomic E-state index is 0.0474. The van der Waals surface area contributed by atoms with Crippen LogP contribution in [0.25, 0.3) is 0 Å². The molecule has 0 bridgehead atoms. The molecule has 17 heavy (non-hydrogen) atoms. The third kappa shape index (κ3) is 2.61. The maximum Gasteiger partial charge on any atom is 0.135 e. The van der Waals surface area contributed by atoms with Crippen LogP contribution in [0.3, 0.4) is 0 Å². The molecule has 2 rings (SSSR count). The van der Waals surface area contributed by atoms with Crippen LogP contribution < -0.4 is 4.74 Å². The largest absolute Gasteiger partial charge is 0.489 e. The Kier molecular flexibility index (Phi) is 3.38. The molecule has 1 radical (unpaired) electrons. The second-order valence-corrected chi connectivity index (χ2v) is 3.68. The summed E-state index contributed by atoms with van der Waals surface area (Å²) < 4.78 is 32.3. The normalized spacial score (nSPS) is 10.3. The van der Waals surface area contributed by atoms with E-state index < -0.39 is 11.6 Å². The predicted molar refractivity (Wildman–Crippen MR) is 60.7 cm³/mol. The summed E-state index contributed by atoms with van der Waals surface area (Å²) in [6.45, 7) is 1.46. The number of aryl methyl sites for hydroxylation is 1. The smallest absolute Gasteiger partial charge is 0.135 e. The summed E-state index contributed by atoms with van der Waals surface area (Å²) in [5, 5.41) is 0. The Balaban J connectivity index is 2.17. The molecule has 0 atom stereocenters. The van der Waals surface area contributed by atoms with E-state index in [1.165, 1.54) is 12.1 Å². The van der Waals surface area contributed by atoms with Gasteiger partial charge in [-0.2, -0.15) is 0 Å². The zero-order chi connectivity index (χ0) is 12.3. The standard InChI is InChI=1S/C14H11F2O/c1-10-7-8-13(15)12(14(10)16)9-17-11-5-3-2-4-6-11/h2-3,5-8H,9H2,1H3. The lowest BCUT2D eigenvalue weighted by Gasteiger charge is -2.09. The van der Waals surface area contributed by atoms with Crippen molar-refractivity contribution in [1.29, 1.82) is 0 Å². The molecule has 0 unspecified atom stereocenters. The third-order valence-corrected chi connectivity index (χ3v) is 2.44. The van der Waals surface area contributed by atoms with Crippen molar-refractivity contribution in [2.75, 3.05) is 0 Å². The van der Waals surface area contributed by atoms with Gasteiger partial charge in [0.15, 0.2) is 0 Å². The Morgan fingerprint density at radius 3 is 2.76 bits per heavy atom. The van der Waals surface area contributed by atoms with E-state index in [0.29, 0.717) is 11.3 Å². The third-order valence-electron chi connectivity index (χ3n) is 2.44. The summed E-state index contributed by atoms with van der Waals surface area (Å²) in [5.74, 6) is -0.606. The van der Waals surface area contributed by atoms with Gasteiger partial charge in [-0.25, -0.2) is 8.78 Å². The first-order valence-corrected chi connectivity index (χ1v) is 5.21. The first-order valence-electron chi connectivity index (χ1n) is 5.21. The van der Waals surface area contributed by atoms with Crippen LogP contribution in [0.4, 0.5) is 8.78 Å². The monoisotopic (exact) mass is 233 g/mol. The Hall–Kier alpha value is -1.90. The summed E-state index contributed by atoms with van der Waals surface area (Å²) in [4.78, 5) is 0. The highest BCUT2D eigenvalue weighted by Crippen LogP contribution is 2.18. The van der Waals surface area contributed by atoms with Gasteiger partial charge in [-0.05, 0) is 36.8 Å². The summed E-state index contributed by atoms with van der Waals surface area (Å²) in [5.41, 5.74) is 0.360. The molecule has 0 saturated heterocycles. The lowest BCUT2D eigenvalue weighted by atomic mass is 10.1. The quantitative estimate of drug-likeness (QED) is 0.786. The van der Waals surface area contributed by atoms with Crippen LogP contribution in [-0.4, -0.2) is 0 Å². The van der Waals surface area contributed by atoms with Crippen LogP contribution >= 0.6 is 0 Å². The van der Waals surface area contributed by atoms with Crippen molar-refractivity contribution in [2.24, 2.45) is 0 Å². The molecule has 0 heterocycles. The van der Waals surface area contributed by atoms with E-state index >= 15 is 0 Å². The van der Waals surface area contributed by atoms with E-state index in [1.54, 1.807) is 31.2 Å². The summed E-state index contributed by atoms with van der Waals surface area (Å²) >= 11 is 0. The van der Waals surface area contributed by atoms with E-state index in [0.717, 1.165) is 0 Å². The zero-order valence-corrected chi connectivity index (χ0v) is 9.34. The number of halogens is 2. The lowest BCUT2D eigenvalue weighted by molar-refractivity contribution is 0.292. The number of benzene rings is 2. The molecule has 2 aromatic carbocycles. The minimum Gasteiger partial charge on any atom is -0.489 e. The van der Waals surface area contributed by atoms with Crippen LogP contribution in [0.5, 0.6) is 5.75 Å². The maximum atomic E-state index is 13.6. The molecule has 0 spiro atoms. The van der Waals surface area contributed by atoms with Crippen LogP contribution in [0.2, 0.25) is 0 Å². The number of hydrogen-bond acceptors (Lipinski definition) is 1. The predicted octanol–water partition coefficient (Wildman–Crippen LogP) is 3.65. The van der Waals surface area contributed by atoms with E-state index in [-0.39, 0.29) is 12.2 Å². The first kappa shape index (κ1) is 11.6. The van der Waals surface area contributed by atoms with Gasteiger partial charge in [-0.15, -0.1) is 0 Å². The van der Waals surface area contributed by atoms with Crippen LogP contribution in [0, 0.1) is 24.6 Å². The second kappa shape index (κ2) is 4.95. The van der Waals surface area contributed by atoms with Crippen molar-refractivity contribution < 1.29 is 13.5 Å². The summed E-state index contributed by atoms with van der Waals surface area (Å²) in [6.07, 6.45) is 0. The summed E-state index contributed by atoms with van der Waals surface area (Å²) in [6, 6.07) is 12.3. The van der Waals surface area contributed by atoms with Crippen LogP contribution in [0.1, 0.15) is 11.1 Å². The van der Waals surface area contributed by atoms with Gasteiger partial charge < -0.3 is 4.74 Å². The Bertz CT molecular complexity index is 509. The first-order chi connectivity index (χ1) is 8.18. The zero-order valence-electron chi connectivity index (χ0n) is 9.34. The Labute approximate surface area is 98.7 Å². The molecule has 0 amide bonds. The molecule has 0 N–H and O–H groups in total. The fraction of sp³-hybridized carbons (Fsp3) is 0.143. The van der Waals surface area contributed by atoms with E-state index in [9.17, 15) is 8.78 Å². The second-order valence-electron chi connectivity index (χ2n) is 3.68. The molecule has 3 heteroatoms. The average molecular weight is 233 g/mol. The van der Waals surface area contributed by atoms with Crippen molar-refractivity contribution >= 4 is 0 Å². The van der Waals surface area contributed by atoms with Crippen LogP contribution in [0.15, 0.2) is 36.4 Å². The number of ether oxygens (including phenoxy) is 1. The van der Waals surface area contributed by atoms with Gasteiger partial charge in [-0.1, -0.05) is 18.2 Å². The van der Waals surface area contributed by atoms with Gasteiger partial charge >= 0.3 is 0 Å². The van der Waals surface area contributed by atoms with Gasteiger partial charge in [-0.3, -0.25) is 0 Å². The van der Waals surface area contributed by atoms with Gasteiger partial charge in [0.1, 0.15) is 24.0 Å². The fourth-order valence-electron chi connectivity index (χ4n) is 1.47. The molecule has 0 fully saturated rings. The highest BCUT2D eigenvalue weighted by molar-refractivity contribution is 5.27. The van der Waals surface area contributed by atoms with Gasteiger partial charge in [0.2, 0.25) is 0 Å². The minimum atomic E-state index is -0.590. The van der Waals surface area contributed by atoms with Crippen molar-refractivity contribution in [3.05, 3.63) is 65.2 Å². The Morgan fingerprint density at radius 2 is 2.06 bits per heavy atom. The molecular weight excluding hydrogens is 222 g/mol. The van der Waals surface area contributed by atoms with Crippen molar-refractivity contribution in [2.45, 2.75) is 13.5 Å². The van der Waals surface area contributed by atoms with Crippen molar-refractivity contribution in [3.63, 3.8) is 0 Å². The highest BCUT2D eigenvalue weighted by Gasteiger charge is 2.11. The lowest BCUT2D eigenvalue weighted by Crippen LogP contribution is -2.03. The molecule has 1 nitrogen and oxygen atoms in total. The number of rotatable bonds is 3.